The smallest absolute Gasteiger partial charge is 0.371 e. The van der Waals surface area contributed by atoms with Crippen LogP contribution in [0.25, 0.3) is 0 Å². The summed E-state index contributed by atoms with van der Waals surface area (Å²) in [4.78, 5) is 10.9. The molecule has 116 valence electrons. The molecule has 2 aromatic rings. The van der Waals surface area contributed by atoms with Crippen molar-refractivity contribution in [2.75, 3.05) is 0 Å². The molecule has 0 aliphatic heterocycles. The summed E-state index contributed by atoms with van der Waals surface area (Å²) in [5.41, 5.74) is 3.69. The molecule has 22 heavy (non-hydrogen) atoms. The second-order valence-corrected chi connectivity index (χ2v) is 7.07. The lowest BCUT2D eigenvalue weighted by Gasteiger charge is -2.22. The zero-order valence-corrected chi connectivity index (χ0v) is 14.3. The molecule has 0 bridgehead atoms. The van der Waals surface area contributed by atoms with Crippen LogP contribution in [-0.2, 0) is 11.8 Å². The van der Waals surface area contributed by atoms with E-state index in [-0.39, 0.29) is 17.1 Å². The Labute approximate surface area is 137 Å². The molecule has 0 fully saturated rings. The number of carboxylic acid groups (broad SMARTS) is 1. The standard InChI is InChI=1S/C17H17BrO4/c1-9-8-10-6-7-17(2,3)13(10)14(18)15(9)22-12-5-4-11(21-12)16(19)20/h4-5,8H,6-7H2,1-3H3,(H,19,20). The number of ether oxygens (including phenoxy) is 1. The maximum absolute atomic E-state index is 10.9. The molecule has 0 saturated heterocycles. The molecule has 0 saturated carbocycles. The highest BCUT2D eigenvalue weighted by Crippen LogP contribution is 2.48. The number of aryl methyl sites for hydroxylation is 2. The summed E-state index contributed by atoms with van der Waals surface area (Å²) in [6.07, 6.45) is 2.17. The van der Waals surface area contributed by atoms with Gasteiger partial charge in [-0.3, -0.25) is 0 Å². The normalized spacial score (nSPS) is 15.6. The van der Waals surface area contributed by atoms with Gasteiger partial charge in [-0.15, -0.1) is 0 Å². The predicted octanol–water partition coefficient (Wildman–Crippen LogP) is 5.06. The van der Waals surface area contributed by atoms with E-state index in [0.29, 0.717) is 5.75 Å². The fourth-order valence-corrected chi connectivity index (χ4v) is 4.23. The van der Waals surface area contributed by atoms with Gasteiger partial charge in [-0.2, -0.15) is 0 Å². The Morgan fingerprint density at radius 3 is 2.77 bits per heavy atom. The van der Waals surface area contributed by atoms with E-state index in [9.17, 15) is 4.79 Å². The monoisotopic (exact) mass is 364 g/mol. The predicted molar refractivity (Wildman–Crippen MR) is 86.0 cm³/mol. The first-order valence-corrected chi connectivity index (χ1v) is 7.92. The van der Waals surface area contributed by atoms with E-state index in [1.165, 1.54) is 23.3 Å². The average Bonchev–Trinajstić information content (AvgIpc) is 2.99. The Kier molecular flexibility index (Phi) is 3.56. The number of carbonyl (C=O) groups is 1. The Morgan fingerprint density at radius 2 is 2.14 bits per heavy atom. The van der Waals surface area contributed by atoms with Crippen molar-refractivity contribution >= 4 is 21.9 Å². The van der Waals surface area contributed by atoms with E-state index in [2.05, 4.69) is 35.8 Å². The van der Waals surface area contributed by atoms with Gasteiger partial charge in [0.2, 0.25) is 5.76 Å². The quantitative estimate of drug-likeness (QED) is 0.826. The van der Waals surface area contributed by atoms with Crippen LogP contribution in [0, 0.1) is 6.92 Å². The second kappa shape index (κ2) is 5.16. The number of rotatable bonds is 3. The summed E-state index contributed by atoms with van der Waals surface area (Å²) in [6, 6.07) is 5.05. The van der Waals surface area contributed by atoms with Crippen molar-refractivity contribution in [1.29, 1.82) is 0 Å². The Bertz CT molecular complexity index is 758. The number of aromatic carboxylic acids is 1. The zero-order valence-electron chi connectivity index (χ0n) is 12.7. The minimum Gasteiger partial charge on any atom is -0.475 e. The van der Waals surface area contributed by atoms with Gasteiger partial charge < -0.3 is 14.3 Å². The first-order chi connectivity index (χ1) is 10.3. The van der Waals surface area contributed by atoms with E-state index in [4.69, 9.17) is 14.3 Å². The number of halogens is 1. The van der Waals surface area contributed by atoms with Crippen molar-refractivity contribution in [3.8, 4) is 11.7 Å². The molecule has 1 aromatic heterocycles. The maximum Gasteiger partial charge on any atom is 0.371 e. The SMILES string of the molecule is Cc1cc2c(c(Br)c1Oc1ccc(C(=O)O)o1)C(C)(C)CC2. The number of furan rings is 1. The Morgan fingerprint density at radius 1 is 1.41 bits per heavy atom. The van der Waals surface area contributed by atoms with Crippen molar-refractivity contribution in [3.05, 3.63) is 45.1 Å². The molecular weight excluding hydrogens is 348 g/mol. The second-order valence-electron chi connectivity index (χ2n) is 6.28. The van der Waals surface area contributed by atoms with Crippen molar-refractivity contribution in [2.24, 2.45) is 0 Å². The minimum absolute atomic E-state index is 0.0926. The van der Waals surface area contributed by atoms with E-state index in [1.807, 2.05) is 6.92 Å². The van der Waals surface area contributed by atoms with Crippen LogP contribution in [0.5, 0.6) is 11.7 Å². The number of hydrogen-bond donors (Lipinski definition) is 1. The first-order valence-electron chi connectivity index (χ1n) is 7.13. The number of fused-ring (bicyclic) bond motifs is 1. The summed E-state index contributed by atoms with van der Waals surface area (Å²) in [5, 5.41) is 8.91. The highest BCUT2D eigenvalue weighted by Gasteiger charge is 2.34. The number of carboxylic acids is 1. The highest BCUT2D eigenvalue weighted by atomic mass is 79.9. The molecule has 3 rings (SSSR count). The lowest BCUT2D eigenvalue weighted by atomic mass is 9.86. The topological polar surface area (TPSA) is 59.7 Å². The van der Waals surface area contributed by atoms with Crippen molar-refractivity contribution in [3.63, 3.8) is 0 Å². The lowest BCUT2D eigenvalue weighted by Crippen LogP contribution is -2.13. The molecule has 0 atom stereocenters. The summed E-state index contributed by atoms with van der Waals surface area (Å²) in [5.74, 6) is -0.386. The van der Waals surface area contributed by atoms with Crippen LogP contribution in [0.3, 0.4) is 0 Å². The largest absolute Gasteiger partial charge is 0.475 e. The van der Waals surface area contributed by atoms with Crippen LogP contribution in [-0.4, -0.2) is 11.1 Å². The molecule has 1 aromatic carbocycles. The van der Waals surface area contributed by atoms with Gasteiger partial charge >= 0.3 is 5.97 Å². The Balaban J connectivity index is 2.02. The molecule has 0 spiro atoms. The van der Waals surface area contributed by atoms with Crippen LogP contribution in [0.1, 0.15) is 47.5 Å². The molecule has 0 amide bonds. The number of hydrogen-bond acceptors (Lipinski definition) is 3. The van der Waals surface area contributed by atoms with Crippen LogP contribution in [0.15, 0.2) is 27.1 Å². The van der Waals surface area contributed by atoms with Gasteiger partial charge in [0, 0.05) is 6.07 Å². The third-order valence-electron chi connectivity index (χ3n) is 4.18. The fourth-order valence-electron chi connectivity index (χ4n) is 3.04. The van der Waals surface area contributed by atoms with Crippen LogP contribution in [0.4, 0.5) is 0 Å². The van der Waals surface area contributed by atoms with Crippen LogP contribution < -0.4 is 4.74 Å². The number of benzene rings is 1. The van der Waals surface area contributed by atoms with Crippen molar-refractivity contribution < 1.29 is 19.1 Å². The van der Waals surface area contributed by atoms with E-state index in [0.717, 1.165) is 22.9 Å². The Hall–Kier alpha value is -1.75. The van der Waals surface area contributed by atoms with Gasteiger partial charge in [0.05, 0.1) is 4.47 Å². The molecule has 1 N–H and O–H groups in total. The van der Waals surface area contributed by atoms with Crippen molar-refractivity contribution in [2.45, 2.75) is 39.0 Å². The van der Waals surface area contributed by atoms with Crippen molar-refractivity contribution in [1.82, 2.24) is 0 Å². The molecule has 1 aliphatic rings. The third-order valence-corrected chi connectivity index (χ3v) is 4.94. The molecule has 1 aliphatic carbocycles. The van der Waals surface area contributed by atoms with E-state index in [1.54, 1.807) is 0 Å². The van der Waals surface area contributed by atoms with Gasteiger partial charge in [0.25, 0.3) is 5.95 Å². The minimum atomic E-state index is -1.11. The van der Waals surface area contributed by atoms with E-state index >= 15 is 0 Å². The van der Waals surface area contributed by atoms with Gasteiger partial charge in [-0.1, -0.05) is 19.9 Å². The highest BCUT2D eigenvalue weighted by molar-refractivity contribution is 9.10. The average molecular weight is 365 g/mol. The maximum atomic E-state index is 10.9. The zero-order chi connectivity index (χ0) is 16.1. The van der Waals surface area contributed by atoms with Gasteiger partial charge in [0.15, 0.2) is 0 Å². The van der Waals surface area contributed by atoms with Crippen LogP contribution >= 0.6 is 15.9 Å². The summed E-state index contributed by atoms with van der Waals surface area (Å²) >= 11 is 3.67. The first kappa shape index (κ1) is 15.2. The lowest BCUT2D eigenvalue weighted by molar-refractivity contribution is 0.0657. The summed E-state index contributed by atoms with van der Waals surface area (Å²) in [7, 11) is 0. The van der Waals surface area contributed by atoms with Gasteiger partial charge in [-0.25, -0.2) is 4.79 Å². The molecule has 0 radical (unpaired) electrons. The summed E-state index contributed by atoms with van der Waals surface area (Å²) in [6.45, 7) is 6.42. The summed E-state index contributed by atoms with van der Waals surface area (Å²) < 4.78 is 11.9. The van der Waals surface area contributed by atoms with Crippen LogP contribution in [0.2, 0.25) is 0 Å². The van der Waals surface area contributed by atoms with Gasteiger partial charge in [0.1, 0.15) is 5.75 Å². The molecule has 1 heterocycles. The fraction of sp³-hybridized carbons (Fsp3) is 0.353. The molecule has 5 heteroatoms. The van der Waals surface area contributed by atoms with E-state index < -0.39 is 5.97 Å². The van der Waals surface area contributed by atoms with Gasteiger partial charge in [-0.05, 0) is 63.9 Å². The molecule has 4 nitrogen and oxygen atoms in total. The third kappa shape index (κ3) is 2.43. The molecule has 0 unspecified atom stereocenters. The molecular formula is C17H17BrO4.